The summed E-state index contributed by atoms with van der Waals surface area (Å²) >= 11 is 0. The zero-order valence-electron chi connectivity index (χ0n) is 11.6. The number of aryl methyl sites for hydroxylation is 2. The van der Waals surface area contributed by atoms with E-state index in [9.17, 15) is 4.39 Å². The molecule has 3 rings (SSSR count). The largest absolute Gasteiger partial charge is 0.493 e. The number of halogens is 1. The summed E-state index contributed by atoms with van der Waals surface area (Å²) in [5, 5.41) is 7.38. The normalized spacial score (nSPS) is 17.6. The van der Waals surface area contributed by atoms with E-state index in [1.165, 1.54) is 6.07 Å². The van der Waals surface area contributed by atoms with Gasteiger partial charge in [-0.1, -0.05) is 5.16 Å². The molecule has 0 saturated heterocycles. The SMILES string of the molecule is Cc1noc(C)c1CN[C@H]1CCOc2ccc(F)cc21. The van der Waals surface area contributed by atoms with Crippen LogP contribution in [0.5, 0.6) is 5.75 Å². The summed E-state index contributed by atoms with van der Waals surface area (Å²) in [6, 6.07) is 4.74. The number of rotatable bonds is 3. The van der Waals surface area contributed by atoms with Crippen molar-refractivity contribution in [1.29, 1.82) is 0 Å². The van der Waals surface area contributed by atoms with Gasteiger partial charge in [0.25, 0.3) is 0 Å². The Morgan fingerprint density at radius 3 is 3.00 bits per heavy atom. The molecule has 0 fully saturated rings. The molecule has 20 heavy (non-hydrogen) atoms. The summed E-state index contributed by atoms with van der Waals surface area (Å²) in [6.45, 7) is 5.11. The highest BCUT2D eigenvalue weighted by Gasteiger charge is 2.22. The molecule has 1 aliphatic heterocycles. The van der Waals surface area contributed by atoms with E-state index in [4.69, 9.17) is 9.26 Å². The fourth-order valence-corrected chi connectivity index (χ4v) is 2.56. The van der Waals surface area contributed by atoms with Crippen LogP contribution in [0, 0.1) is 19.7 Å². The minimum absolute atomic E-state index is 0.0862. The Hall–Kier alpha value is -1.88. The van der Waals surface area contributed by atoms with Crippen molar-refractivity contribution < 1.29 is 13.7 Å². The molecule has 2 aromatic rings. The van der Waals surface area contributed by atoms with E-state index >= 15 is 0 Å². The minimum Gasteiger partial charge on any atom is -0.493 e. The Bertz CT molecular complexity index is 605. The van der Waals surface area contributed by atoms with E-state index < -0.39 is 0 Å². The third-order valence-electron chi connectivity index (χ3n) is 3.72. The van der Waals surface area contributed by atoms with Gasteiger partial charge >= 0.3 is 0 Å². The zero-order chi connectivity index (χ0) is 14.1. The van der Waals surface area contributed by atoms with Crippen molar-refractivity contribution in [3.8, 4) is 5.75 Å². The van der Waals surface area contributed by atoms with Gasteiger partial charge in [0.1, 0.15) is 17.3 Å². The second-order valence-corrected chi connectivity index (χ2v) is 5.06. The summed E-state index contributed by atoms with van der Waals surface area (Å²) in [5.41, 5.74) is 2.83. The van der Waals surface area contributed by atoms with Crippen LogP contribution in [-0.4, -0.2) is 11.8 Å². The Morgan fingerprint density at radius 1 is 1.40 bits per heavy atom. The number of hydrogen-bond donors (Lipinski definition) is 1. The van der Waals surface area contributed by atoms with E-state index in [2.05, 4.69) is 10.5 Å². The topological polar surface area (TPSA) is 47.3 Å². The van der Waals surface area contributed by atoms with Crippen molar-refractivity contribution in [3.05, 3.63) is 46.6 Å². The van der Waals surface area contributed by atoms with Crippen LogP contribution in [-0.2, 0) is 6.54 Å². The summed E-state index contributed by atoms with van der Waals surface area (Å²) in [4.78, 5) is 0. The van der Waals surface area contributed by atoms with Crippen LogP contribution in [0.2, 0.25) is 0 Å². The Kier molecular flexibility index (Phi) is 3.44. The van der Waals surface area contributed by atoms with Gasteiger partial charge in [-0.25, -0.2) is 4.39 Å². The van der Waals surface area contributed by atoms with Crippen molar-refractivity contribution in [1.82, 2.24) is 10.5 Å². The average Bonchev–Trinajstić information content (AvgIpc) is 2.76. The van der Waals surface area contributed by atoms with Crippen molar-refractivity contribution in [2.75, 3.05) is 6.61 Å². The van der Waals surface area contributed by atoms with Crippen molar-refractivity contribution >= 4 is 0 Å². The Morgan fingerprint density at radius 2 is 2.25 bits per heavy atom. The molecule has 0 saturated carbocycles. The van der Waals surface area contributed by atoms with Gasteiger partial charge in [0, 0.05) is 30.1 Å². The monoisotopic (exact) mass is 276 g/mol. The molecule has 1 aliphatic rings. The molecule has 1 N–H and O–H groups in total. The number of hydrogen-bond acceptors (Lipinski definition) is 4. The van der Waals surface area contributed by atoms with E-state index in [1.54, 1.807) is 12.1 Å². The molecule has 0 spiro atoms. The Labute approximate surface area is 116 Å². The maximum atomic E-state index is 13.4. The summed E-state index contributed by atoms with van der Waals surface area (Å²) in [7, 11) is 0. The molecule has 0 bridgehead atoms. The average molecular weight is 276 g/mol. The van der Waals surface area contributed by atoms with Crippen LogP contribution in [0.1, 0.15) is 35.0 Å². The molecule has 1 aromatic carbocycles. The molecule has 0 aliphatic carbocycles. The van der Waals surface area contributed by atoms with Crippen molar-refractivity contribution in [2.24, 2.45) is 0 Å². The van der Waals surface area contributed by atoms with Crippen LogP contribution < -0.4 is 10.1 Å². The number of nitrogens with zero attached hydrogens (tertiary/aromatic N) is 1. The molecule has 4 nitrogen and oxygen atoms in total. The van der Waals surface area contributed by atoms with Gasteiger partial charge in [-0.2, -0.15) is 0 Å². The predicted molar refractivity (Wildman–Crippen MR) is 72.1 cm³/mol. The number of aromatic nitrogens is 1. The number of fused-ring (bicyclic) bond motifs is 1. The smallest absolute Gasteiger partial charge is 0.138 e. The van der Waals surface area contributed by atoms with Gasteiger partial charge in [0.15, 0.2) is 0 Å². The summed E-state index contributed by atoms with van der Waals surface area (Å²) < 4.78 is 24.1. The highest BCUT2D eigenvalue weighted by Crippen LogP contribution is 2.32. The summed E-state index contributed by atoms with van der Waals surface area (Å²) in [6.07, 6.45) is 0.819. The Balaban J connectivity index is 1.78. The fraction of sp³-hybridized carbons (Fsp3) is 0.400. The first kappa shape index (κ1) is 13.1. The highest BCUT2D eigenvalue weighted by atomic mass is 19.1. The highest BCUT2D eigenvalue weighted by molar-refractivity contribution is 5.38. The van der Waals surface area contributed by atoms with Gasteiger partial charge in [-0.05, 0) is 32.0 Å². The van der Waals surface area contributed by atoms with E-state index in [0.717, 1.165) is 34.8 Å². The standard InChI is InChI=1S/C15H17FN2O2/c1-9-13(10(2)20-18-9)8-17-14-5-6-19-15-4-3-11(16)7-12(14)15/h3-4,7,14,17H,5-6,8H2,1-2H3/t14-/m0/s1. The lowest BCUT2D eigenvalue weighted by molar-refractivity contribution is 0.251. The van der Waals surface area contributed by atoms with Gasteiger partial charge in [-0.3, -0.25) is 0 Å². The van der Waals surface area contributed by atoms with Crippen LogP contribution in [0.3, 0.4) is 0 Å². The third kappa shape index (κ3) is 2.41. The van der Waals surface area contributed by atoms with Crippen molar-refractivity contribution in [3.63, 3.8) is 0 Å². The van der Waals surface area contributed by atoms with Crippen LogP contribution in [0.4, 0.5) is 4.39 Å². The molecular formula is C15H17FN2O2. The fourth-order valence-electron chi connectivity index (χ4n) is 2.56. The molecule has 0 unspecified atom stereocenters. The molecule has 1 atom stereocenters. The summed E-state index contributed by atoms with van der Waals surface area (Å²) in [5.74, 6) is 1.34. The molecule has 0 radical (unpaired) electrons. The number of ether oxygens (including phenoxy) is 1. The van der Waals surface area contributed by atoms with Crippen molar-refractivity contribution in [2.45, 2.75) is 32.9 Å². The molecule has 5 heteroatoms. The van der Waals surface area contributed by atoms with Crippen LogP contribution in [0.25, 0.3) is 0 Å². The molecule has 2 heterocycles. The lowest BCUT2D eigenvalue weighted by atomic mass is 10.00. The lowest BCUT2D eigenvalue weighted by Gasteiger charge is -2.26. The molecule has 1 aromatic heterocycles. The first-order valence-electron chi connectivity index (χ1n) is 6.72. The zero-order valence-corrected chi connectivity index (χ0v) is 11.6. The van der Waals surface area contributed by atoms with E-state index in [1.807, 2.05) is 13.8 Å². The third-order valence-corrected chi connectivity index (χ3v) is 3.72. The lowest BCUT2D eigenvalue weighted by Crippen LogP contribution is -2.27. The molecule has 106 valence electrons. The van der Waals surface area contributed by atoms with Crippen LogP contribution in [0.15, 0.2) is 22.7 Å². The first-order chi connectivity index (χ1) is 9.65. The van der Waals surface area contributed by atoms with Gasteiger partial charge in [0.05, 0.1) is 12.3 Å². The number of benzene rings is 1. The minimum atomic E-state index is -0.238. The number of nitrogens with one attached hydrogen (secondary N) is 1. The van der Waals surface area contributed by atoms with Gasteiger partial charge in [0.2, 0.25) is 0 Å². The molecule has 0 amide bonds. The predicted octanol–water partition coefficient (Wildman–Crippen LogP) is 3.04. The first-order valence-corrected chi connectivity index (χ1v) is 6.72. The quantitative estimate of drug-likeness (QED) is 0.936. The van der Waals surface area contributed by atoms with Crippen LogP contribution >= 0.6 is 0 Å². The maximum absolute atomic E-state index is 13.4. The van der Waals surface area contributed by atoms with E-state index in [0.29, 0.717) is 13.2 Å². The second kappa shape index (κ2) is 5.25. The van der Waals surface area contributed by atoms with E-state index in [-0.39, 0.29) is 11.9 Å². The second-order valence-electron chi connectivity index (χ2n) is 5.06. The molecular weight excluding hydrogens is 259 g/mol. The van der Waals surface area contributed by atoms with Gasteiger partial charge < -0.3 is 14.6 Å². The van der Waals surface area contributed by atoms with Gasteiger partial charge in [-0.15, -0.1) is 0 Å². The maximum Gasteiger partial charge on any atom is 0.138 e.